The number of piperazine rings is 1. The summed E-state index contributed by atoms with van der Waals surface area (Å²) in [4.78, 5) is 16.5. The predicted molar refractivity (Wildman–Crippen MR) is 97.1 cm³/mol. The van der Waals surface area contributed by atoms with Gasteiger partial charge in [-0.3, -0.25) is 4.79 Å². The number of quaternary nitrogens is 2. The van der Waals surface area contributed by atoms with Crippen molar-refractivity contribution in [3.8, 4) is 0 Å². The van der Waals surface area contributed by atoms with Crippen LogP contribution in [0.5, 0.6) is 0 Å². The molecule has 0 bridgehead atoms. The van der Waals surface area contributed by atoms with Crippen molar-refractivity contribution >= 4 is 38.9 Å². The van der Waals surface area contributed by atoms with Gasteiger partial charge in [0.15, 0.2) is 6.54 Å². The number of hydrogen-bond acceptors (Lipinski definition) is 2. The van der Waals surface area contributed by atoms with Gasteiger partial charge in [0.05, 0.1) is 8.66 Å². The number of nitrogens with one attached hydrogen (secondary N) is 3. The van der Waals surface area contributed by atoms with E-state index in [-0.39, 0.29) is 5.91 Å². The zero-order valence-electron chi connectivity index (χ0n) is 13.0. The number of carbonyl (C=O) groups excluding carboxylic acids is 1. The highest BCUT2D eigenvalue weighted by Crippen LogP contribution is 2.21. The van der Waals surface area contributed by atoms with Gasteiger partial charge in [-0.15, -0.1) is 11.3 Å². The zero-order chi connectivity index (χ0) is 16.1. The first-order chi connectivity index (χ1) is 11.2. The lowest BCUT2D eigenvalue weighted by Gasteiger charge is -2.29. The molecular formula is C17H22BrN3OS+2. The number of benzene rings is 1. The second-order valence-electron chi connectivity index (χ2n) is 5.97. The molecule has 3 N–H and O–H groups in total. The first kappa shape index (κ1) is 16.6. The van der Waals surface area contributed by atoms with Crippen LogP contribution in [-0.4, -0.2) is 38.6 Å². The molecular weight excluding hydrogens is 374 g/mol. The van der Waals surface area contributed by atoms with Crippen molar-refractivity contribution in [3.63, 3.8) is 0 Å². The Labute approximate surface area is 149 Å². The lowest BCUT2D eigenvalue weighted by molar-refractivity contribution is -1.01. The van der Waals surface area contributed by atoms with Gasteiger partial charge < -0.3 is 15.1 Å². The van der Waals surface area contributed by atoms with Crippen molar-refractivity contribution in [2.45, 2.75) is 6.54 Å². The van der Waals surface area contributed by atoms with Gasteiger partial charge in [-0.1, -0.05) is 18.2 Å². The minimum absolute atomic E-state index is 0.108. The molecule has 0 radical (unpaired) electrons. The monoisotopic (exact) mass is 395 g/mol. The van der Waals surface area contributed by atoms with Crippen LogP contribution >= 0.6 is 27.3 Å². The third-order valence-corrected chi connectivity index (χ3v) is 5.81. The van der Waals surface area contributed by atoms with Crippen LogP contribution in [0.15, 0.2) is 46.3 Å². The SMILES string of the molecule is O=C(C[NH+]1CC[NH+](Cc2ccc(Br)s2)CC1)Nc1ccccc1. The molecule has 1 saturated heterocycles. The molecule has 4 nitrogen and oxygen atoms in total. The molecule has 2 heterocycles. The number of hydrogen-bond donors (Lipinski definition) is 3. The summed E-state index contributed by atoms with van der Waals surface area (Å²) in [6.07, 6.45) is 0. The van der Waals surface area contributed by atoms with Crippen LogP contribution in [0.2, 0.25) is 0 Å². The van der Waals surface area contributed by atoms with E-state index >= 15 is 0 Å². The fourth-order valence-electron chi connectivity index (χ4n) is 2.96. The number of halogens is 1. The van der Waals surface area contributed by atoms with Crippen LogP contribution in [0.1, 0.15) is 4.88 Å². The van der Waals surface area contributed by atoms with Crippen LogP contribution < -0.4 is 15.1 Å². The minimum Gasteiger partial charge on any atom is -0.321 e. The maximum Gasteiger partial charge on any atom is 0.279 e. The molecule has 1 fully saturated rings. The molecule has 122 valence electrons. The fraction of sp³-hybridized carbons (Fsp3) is 0.353. The van der Waals surface area contributed by atoms with Crippen molar-refractivity contribution < 1.29 is 14.6 Å². The molecule has 0 unspecified atom stereocenters. The predicted octanol–water partition coefficient (Wildman–Crippen LogP) is 0.433. The van der Waals surface area contributed by atoms with Gasteiger partial charge >= 0.3 is 0 Å². The van der Waals surface area contributed by atoms with Gasteiger partial charge in [0.25, 0.3) is 5.91 Å². The maximum atomic E-state index is 12.1. The number of para-hydroxylation sites is 1. The quantitative estimate of drug-likeness (QED) is 0.674. The summed E-state index contributed by atoms with van der Waals surface area (Å²) in [6.45, 7) is 6.04. The summed E-state index contributed by atoms with van der Waals surface area (Å²) in [5.41, 5.74) is 0.879. The first-order valence-electron chi connectivity index (χ1n) is 7.95. The summed E-state index contributed by atoms with van der Waals surface area (Å²) >= 11 is 5.34. The first-order valence-corrected chi connectivity index (χ1v) is 9.56. The lowest BCUT2D eigenvalue weighted by atomic mass is 10.3. The number of anilines is 1. The van der Waals surface area contributed by atoms with E-state index in [4.69, 9.17) is 0 Å². The third kappa shape index (κ3) is 5.14. The molecule has 0 atom stereocenters. The molecule has 0 spiro atoms. The average molecular weight is 396 g/mol. The Hall–Kier alpha value is -1.21. The minimum atomic E-state index is 0.108. The largest absolute Gasteiger partial charge is 0.321 e. The molecule has 3 rings (SSSR count). The average Bonchev–Trinajstić information content (AvgIpc) is 2.95. The van der Waals surface area contributed by atoms with Gasteiger partial charge in [0, 0.05) is 5.69 Å². The lowest BCUT2D eigenvalue weighted by Crippen LogP contribution is -3.28. The molecule has 2 aromatic rings. The molecule has 1 aliphatic rings. The van der Waals surface area contributed by atoms with E-state index in [1.807, 2.05) is 41.7 Å². The molecule has 6 heteroatoms. The molecule has 0 saturated carbocycles. The summed E-state index contributed by atoms with van der Waals surface area (Å²) in [5, 5.41) is 2.97. The molecule has 1 aliphatic heterocycles. The molecule has 1 aromatic heterocycles. The topological polar surface area (TPSA) is 38.0 Å². The molecule has 23 heavy (non-hydrogen) atoms. The zero-order valence-corrected chi connectivity index (χ0v) is 15.4. The summed E-state index contributed by atoms with van der Waals surface area (Å²) in [6, 6.07) is 14.0. The highest BCUT2D eigenvalue weighted by molar-refractivity contribution is 9.11. The number of thiophene rings is 1. The van der Waals surface area contributed by atoms with Gasteiger partial charge in [0.2, 0.25) is 0 Å². The van der Waals surface area contributed by atoms with Gasteiger partial charge in [-0.25, -0.2) is 0 Å². The van der Waals surface area contributed by atoms with Crippen LogP contribution in [-0.2, 0) is 11.3 Å². The number of amides is 1. The molecule has 1 aromatic carbocycles. The van der Waals surface area contributed by atoms with Crippen LogP contribution in [0, 0.1) is 0 Å². The maximum absolute atomic E-state index is 12.1. The summed E-state index contributed by atoms with van der Waals surface area (Å²) in [7, 11) is 0. The van der Waals surface area contributed by atoms with Crippen molar-refractivity contribution in [3.05, 3.63) is 51.1 Å². The normalized spacial score (nSPS) is 21.1. The Kier molecular flexibility index (Phi) is 5.83. The highest BCUT2D eigenvalue weighted by Gasteiger charge is 2.25. The van der Waals surface area contributed by atoms with E-state index in [2.05, 4.69) is 33.4 Å². The van der Waals surface area contributed by atoms with E-state index in [0.717, 1.165) is 38.4 Å². The molecule has 1 amide bonds. The number of carbonyl (C=O) groups is 1. The Balaban J connectivity index is 1.41. The second-order valence-corrected chi connectivity index (χ2v) is 8.52. The summed E-state index contributed by atoms with van der Waals surface area (Å²) in [5.74, 6) is 0.108. The van der Waals surface area contributed by atoms with Crippen molar-refractivity contribution in [2.75, 3.05) is 38.0 Å². The van der Waals surface area contributed by atoms with E-state index < -0.39 is 0 Å². The van der Waals surface area contributed by atoms with E-state index in [1.165, 1.54) is 13.6 Å². The van der Waals surface area contributed by atoms with E-state index in [0.29, 0.717) is 6.54 Å². The van der Waals surface area contributed by atoms with Crippen molar-refractivity contribution in [2.24, 2.45) is 0 Å². The highest BCUT2D eigenvalue weighted by atomic mass is 79.9. The Morgan fingerprint density at radius 2 is 1.74 bits per heavy atom. The number of rotatable bonds is 5. The van der Waals surface area contributed by atoms with Crippen LogP contribution in [0.3, 0.4) is 0 Å². The summed E-state index contributed by atoms with van der Waals surface area (Å²) < 4.78 is 1.20. The van der Waals surface area contributed by atoms with E-state index in [1.54, 1.807) is 4.90 Å². The molecule has 0 aliphatic carbocycles. The van der Waals surface area contributed by atoms with Gasteiger partial charge in [-0.2, -0.15) is 0 Å². The second kappa shape index (κ2) is 8.06. The smallest absolute Gasteiger partial charge is 0.279 e. The fourth-order valence-corrected chi connectivity index (χ4v) is 4.51. The van der Waals surface area contributed by atoms with Gasteiger partial charge in [-0.05, 0) is 40.2 Å². The van der Waals surface area contributed by atoms with Crippen LogP contribution in [0.25, 0.3) is 0 Å². The van der Waals surface area contributed by atoms with Crippen molar-refractivity contribution in [1.82, 2.24) is 0 Å². The van der Waals surface area contributed by atoms with Crippen molar-refractivity contribution in [1.29, 1.82) is 0 Å². The van der Waals surface area contributed by atoms with Crippen LogP contribution in [0.4, 0.5) is 5.69 Å². The Bertz CT molecular complexity index is 638. The Morgan fingerprint density at radius 3 is 2.39 bits per heavy atom. The standard InChI is InChI=1S/C17H20BrN3OS/c18-16-7-6-15(23-16)12-20-8-10-21(11-9-20)13-17(22)19-14-4-2-1-3-5-14/h1-7H,8-13H2,(H,19,22)/p+2. The Morgan fingerprint density at radius 1 is 1.04 bits per heavy atom. The van der Waals surface area contributed by atoms with E-state index in [9.17, 15) is 4.79 Å². The van der Waals surface area contributed by atoms with Gasteiger partial charge in [0.1, 0.15) is 32.7 Å². The third-order valence-electron chi connectivity index (χ3n) is 4.19.